The third kappa shape index (κ3) is 3.12. The average Bonchev–Trinajstić information content (AvgIpc) is 2.98. The van der Waals surface area contributed by atoms with Crippen LogP contribution < -0.4 is 9.80 Å². The van der Waals surface area contributed by atoms with Crippen molar-refractivity contribution < 1.29 is 9.59 Å². The number of amides is 2. The van der Waals surface area contributed by atoms with Crippen molar-refractivity contribution in [2.24, 2.45) is 5.92 Å². The van der Waals surface area contributed by atoms with E-state index in [1.165, 1.54) is 0 Å². The zero-order valence-corrected chi connectivity index (χ0v) is 14.1. The summed E-state index contributed by atoms with van der Waals surface area (Å²) in [4.78, 5) is 32.6. The van der Waals surface area contributed by atoms with Crippen LogP contribution in [0.4, 0.5) is 11.4 Å². The van der Waals surface area contributed by atoms with Crippen LogP contribution in [-0.2, 0) is 9.59 Å². The van der Waals surface area contributed by atoms with Gasteiger partial charge in [-0.25, -0.2) is 0 Å². The van der Waals surface area contributed by atoms with Gasteiger partial charge in [-0.05, 0) is 31.2 Å². The van der Waals surface area contributed by atoms with E-state index < -0.39 is 0 Å². The number of aromatic nitrogens is 1. The van der Waals surface area contributed by atoms with Crippen molar-refractivity contribution in [3.63, 3.8) is 0 Å². The third-order valence-electron chi connectivity index (χ3n) is 4.16. The molecule has 1 unspecified atom stereocenters. The van der Waals surface area contributed by atoms with Crippen LogP contribution in [0.2, 0.25) is 5.02 Å². The maximum absolute atomic E-state index is 12.9. The number of hydrogen-bond acceptors (Lipinski definition) is 3. The Hall–Kier alpha value is -2.40. The molecule has 2 amide bonds. The lowest BCUT2D eigenvalue weighted by atomic mass is 10.1. The number of anilines is 2. The topological polar surface area (TPSA) is 53.5 Å². The number of carbonyl (C=O) groups excluding carboxylic acids is 2. The van der Waals surface area contributed by atoms with Crippen molar-refractivity contribution in [1.29, 1.82) is 0 Å². The van der Waals surface area contributed by atoms with E-state index in [1.54, 1.807) is 40.4 Å². The minimum Gasteiger partial charge on any atom is -0.311 e. The van der Waals surface area contributed by atoms with Gasteiger partial charge in [-0.3, -0.25) is 14.6 Å². The molecule has 0 aliphatic carbocycles. The van der Waals surface area contributed by atoms with Crippen molar-refractivity contribution >= 4 is 34.8 Å². The summed E-state index contributed by atoms with van der Waals surface area (Å²) < 4.78 is 0. The lowest BCUT2D eigenvalue weighted by Crippen LogP contribution is -2.37. The number of rotatable bonds is 4. The molecule has 5 nitrogen and oxygen atoms in total. The molecule has 2 heterocycles. The Morgan fingerprint density at radius 3 is 2.79 bits per heavy atom. The Morgan fingerprint density at radius 2 is 2.12 bits per heavy atom. The van der Waals surface area contributed by atoms with Crippen LogP contribution in [0, 0.1) is 5.92 Å². The molecule has 0 saturated carbocycles. The normalized spacial score (nSPS) is 17.2. The van der Waals surface area contributed by atoms with E-state index in [1.807, 2.05) is 25.1 Å². The maximum Gasteiger partial charge on any atom is 0.232 e. The van der Waals surface area contributed by atoms with Crippen molar-refractivity contribution in [1.82, 2.24) is 4.98 Å². The van der Waals surface area contributed by atoms with Crippen LogP contribution >= 0.6 is 11.6 Å². The number of para-hydroxylation sites is 1. The summed E-state index contributed by atoms with van der Waals surface area (Å²) in [6.45, 7) is 2.78. The van der Waals surface area contributed by atoms with Gasteiger partial charge >= 0.3 is 0 Å². The smallest absolute Gasteiger partial charge is 0.232 e. The highest BCUT2D eigenvalue weighted by molar-refractivity contribution is 6.33. The fourth-order valence-corrected chi connectivity index (χ4v) is 3.21. The van der Waals surface area contributed by atoms with Crippen LogP contribution in [0.5, 0.6) is 0 Å². The van der Waals surface area contributed by atoms with Crippen molar-refractivity contribution in [2.75, 3.05) is 22.9 Å². The highest BCUT2D eigenvalue weighted by atomic mass is 35.5. The van der Waals surface area contributed by atoms with Gasteiger partial charge in [0, 0.05) is 25.7 Å². The molecule has 0 N–H and O–H groups in total. The van der Waals surface area contributed by atoms with Gasteiger partial charge in [-0.2, -0.15) is 0 Å². The molecule has 1 aromatic heterocycles. The second kappa shape index (κ2) is 7.01. The molecule has 1 aromatic carbocycles. The summed E-state index contributed by atoms with van der Waals surface area (Å²) in [5.74, 6) is -0.522. The summed E-state index contributed by atoms with van der Waals surface area (Å²) in [5.41, 5.74) is 1.40. The van der Waals surface area contributed by atoms with Crippen LogP contribution in [0.25, 0.3) is 0 Å². The van der Waals surface area contributed by atoms with E-state index in [0.29, 0.717) is 23.8 Å². The van der Waals surface area contributed by atoms with Gasteiger partial charge in [-0.15, -0.1) is 0 Å². The van der Waals surface area contributed by atoms with E-state index in [9.17, 15) is 9.59 Å². The van der Waals surface area contributed by atoms with Crippen LogP contribution in [0.1, 0.15) is 13.3 Å². The van der Waals surface area contributed by atoms with Gasteiger partial charge in [0.05, 0.1) is 28.5 Å². The van der Waals surface area contributed by atoms with E-state index >= 15 is 0 Å². The highest BCUT2D eigenvalue weighted by Crippen LogP contribution is 2.32. The molecule has 1 aliphatic rings. The molecule has 1 fully saturated rings. The van der Waals surface area contributed by atoms with E-state index in [0.717, 1.165) is 5.69 Å². The van der Waals surface area contributed by atoms with Gasteiger partial charge in [-0.1, -0.05) is 23.7 Å². The molecule has 0 spiro atoms. The van der Waals surface area contributed by atoms with E-state index in [-0.39, 0.29) is 24.2 Å². The molecule has 1 saturated heterocycles. The van der Waals surface area contributed by atoms with Gasteiger partial charge in [0.25, 0.3) is 0 Å². The molecule has 24 heavy (non-hydrogen) atoms. The zero-order valence-electron chi connectivity index (χ0n) is 13.4. The molecule has 3 rings (SSSR count). The van der Waals surface area contributed by atoms with Crippen LogP contribution in [-0.4, -0.2) is 29.9 Å². The first-order valence-corrected chi connectivity index (χ1v) is 8.26. The van der Waals surface area contributed by atoms with Gasteiger partial charge in [0.1, 0.15) is 0 Å². The second-order valence-electron chi connectivity index (χ2n) is 5.65. The average molecular weight is 344 g/mol. The quantitative estimate of drug-likeness (QED) is 0.857. The Labute approximate surface area is 145 Å². The lowest BCUT2D eigenvalue weighted by molar-refractivity contribution is -0.124. The van der Waals surface area contributed by atoms with Crippen molar-refractivity contribution in [2.45, 2.75) is 13.3 Å². The zero-order chi connectivity index (χ0) is 17.1. The molecule has 0 radical (unpaired) electrons. The summed E-state index contributed by atoms with van der Waals surface area (Å²) in [7, 11) is 0. The predicted molar refractivity (Wildman–Crippen MR) is 94.2 cm³/mol. The summed E-state index contributed by atoms with van der Waals surface area (Å²) in [5, 5.41) is 0.513. The molecule has 124 valence electrons. The summed E-state index contributed by atoms with van der Waals surface area (Å²) in [6, 6.07) is 10.8. The summed E-state index contributed by atoms with van der Waals surface area (Å²) >= 11 is 6.19. The standard InChI is InChI=1S/C18H18ClN3O2/c1-2-21(14-6-5-9-20-11-14)18(24)13-10-17(23)22(12-13)16-8-4-3-7-15(16)19/h3-9,11,13H,2,10,12H2,1H3. The Bertz CT molecular complexity index is 751. The molecule has 6 heteroatoms. The minimum atomic E-state index is -0.381. The third-order valence-corrected chi connectivity index (χ3v) is 4.48. The Morgan fingerprint density at radius 1 is 1.33 bits per heavy atom. The first-order valence-electron chi connectivity index (χ1n) is 7.88. The molecule has 0 bridgehead atoms. The van der Waals surface area contributed by atoms with Gasteiger partial charge in [0.15, 0.2) is 0 Å². The summed E-state index contributed by atoms with van der Waals surface area (Å²) in [6.07, 6.45) is 3.52. The molecular weight excluding hydrogens is 326 g/mol. The molecular formula is C18H18ClN3O2. The predicted octanol–water partition coefficient (Wildman–Crippen LogP) is 3.14. The van der Waals surface area contributed by atoms with E-state index in [2.05, 4.69) is 4.98 Å². The van der Waals surface area contributed by atoms with Crippen molar-refractivity contribution in [3.05, 3.63) is 53.8 Å². The molecule has 1 atom stereocenters. The van der Waals surface area contributed by atoms with Gasteiger partial charge < -0.3 is 9.80 Å². The Kier molecular flexibility index (Phi) is 4.81. The SMILES string of the molecule is CCN(C(=O)C1CC(=O)N(c2ccccc2Cl)C1)c1cccnc1. The van der Waals surface area contributed by atoms with Crippen LogP contribution in [0.15, 0.2) is 48.8 Å². The monoisotopic (exact) mass is 343 g/mol. The molecule has 1 aliphatic heterocycles. The first-order chi connectivity index (χ1) is 11.6. The number of pyridine rings is 1. The maximum atomic E-state index is 12.9. The fourth-order valence-electron chi connectivity index (χ4n) is 2.98. The number of benzene rings is 1. The number of carbonyl (C=O) groups is 2. The molecule has 2 aromatic rings. The fraction of sp³-hybridized carbons (Fsp3) is 0.278. The van der Waals surface area contributed by atoms with Crippen LogP contribution in [0.3, 0.4) is 0 Å². The Balaban J connectivity index is 1.80. The number of hydrogen-bond donors (Lipinski definition) is 0. The lowest BCUT2D eigenvalue weighted by Gasteiger charge is -2.24. The minimum absolute atomic E-state index is 0.0617. The largest absolute Gasteiger partial charge is 0.311 e. The highest BCUT2D eigenvalue weighted by Gasteiger charge is 2.37. The van der Waals surface area contributed by atoms with Crippen molar-refractivity contribution in [3.8, 4) is 0 Å². The second-order valence-corrected chi connectivity index (χ2v) is 6.06. The number of nitrogens with zero attached hydrogens (tertiary/aromatic N) is 3. The first kappa shape index (κ1) is 16.5. The van der Waals surface area contributed by atoms with E-state index in [4.69, 9.17) is 11.6 Å². The number of halogens is 1. The van der Waals surface area contributed by atoms with Gasteiger partial charge in [0.2, 0.25) is 11.8 Å².